The molecule has 14 heteroatoms. The summed E-state index contributed by atoms with van der Waals surface area (Å²) in [6.45, 7) is 1.15. The highest BCUT2D eigenvalue weighted by Gasteiger charge is 2.87. The minimum atomic E-state index is -7.40. The average Bonchev–Trinajstić information content (AvgIpc) is 2.47. The highest BCUT2D eigenvalue weighted by Crippen LogP contribution is 2.58. The van der Waals surface area contributed by atoms with Gasteiger partial charge in [0.1, 0.15) is 5.82 Å². The maximum Gasteiger partial charge on any atom is 0.393 e. The van der Waals surface area contributed by atoms with Crippen molar-refractivity contribution in [3.8, 4) is 0 Å². The van der Waals surface area contributed by atoms with Crippen molar-refractivity contribution < 1.29 is 48.7 Å². The lowest BCUT2D eigenvalue weighted by Gasteiger charge is -2.37. The van der Waals surface area contributed by atoms with Crippen molar-refractivity contribution in [2.24, 2.45) is 0 Å². The second-order valence-electron chi connectivity index (χ2n) is 4.92. The molecule has 0 aromatic carbocycles. The van der Waals surface area contributed by atoms with Gasteiger partial charge >= 0.3 is 35.0 Å². The summed E-state index contributed by atoms with van der Waals surface area (Å²) in [5.74, 6) is -32.2. The summed E-state index contributed by atoms with van der Waals surface area (Å²) in [7, 11) is 0. The lowest BCUT2D eigenvalue weighted by Crippen LogP contribution is -2.68. The van der Waals surface area contributed by atoms with E-state index >= 15 is 0 Å². The Morgan fingerprint density at radius 2 is 1.46 bits per heavy atom. The van der Waals surface area contributed by atoms with Gasteiger partial charge in [0.25, 0.3) is 0 Å². The number of hydrogen-bond acceptors (Lipinski definition) is 2. The first-order valence-corrected chi connectivity index (χ1v) is 6.60. The van der Waals surface area contributed by atoms with Crippen LogP contribution in [0.3, 0.4) is 0 Å². The summed E-state index contributed by atoms with van der Waals surface area (Å²) < 4.78 is 131. The minimum absolute atomic E-state index is 0.0793. The summed E-state index contributed by atoms with van der Waals surface area (Å²) in [5.41, 5.74) is -0.0793. The molecule has 0 aliphatic rings. The van der Waals surface area contributed by atoms with E-state index in [-0.39, 0.29) is 5.56 Å². The van der Waals surface area contributed by atoms with Crippen LogP contribution < -0.4 is 5.32 Å². The number of halogens is 11. The first kappa shape index (κ1) is 22.3. The number of alkyl halides is 11. The van der Waals surface area contributed by atoms with Gasteiger partial charge in [-0.2, -0.15) is 43.9 Å². The molecule has 1 amide bonds. The molecule has 0 atom stereocenters. The Kier molecular flexibility index (Phi) is 5.50. The molecule has 0 aliphatic carbocycles. The lowest BCUT2D eigenvalue weighted by molar-refractivity contribution is -0.381. The molecule has 0 fully saturated rings. The van der Waals surface area contributed by atoms with Gasteiger partial charge < -0.3 is 5.32 Å². The van der Waals surface area contributed by atoms with Crippen molar-refractivity contribution >= 4 is 23.3 Å². The molecular formula is C12H7ClF10N2O. The molecule has 0 bridgehead atoms. The number of rotatable bonds is 6. The highest BCUT2D eigenvalue weighted by atomic mass is 35.5. The van der Waals surface area contributed by atoms with E-state index in [1.165, 1.54) is 6.07 Å². The Hall–Kier alpha value is -1.79. The molecule has 1 heterocycles. The number of hydrogen-bond donors (Lipinski definition) is 1. The highest BCUT2D eigenvalue weighted by molar-refractivity contribution is 6.22. The van der Waals surface area contributed by atoms with Crippen molar-refractivity contribution in [1.29, 1.82) is 0 Å². The molecule has 1 aromatic heterocycles. The molecule has 0 unspecified atom stereocenters. The van der Waals surface area contributed by atoms with Gasteiger partial charge in [0, 0.05) is 6.20 Å². The Morgan fingerprint density at radius 1 is 0.962 bits per heavy atom. The zero-order valence-corrected chi connectivity index (χ0v) is 13.0. The number of nitrogens with one attached hydrogen (secondary N) is 1. The predicted molar refractivity (Wildman–Crippen MR) is 68.2 cm³/mol. The van der Waals surface area contributed by atoms with E-state index < -0.39 is 40.8 Å². The molecule has 0 saturated heterocycles. The van der Waals surface area contributed by atoms with Gasteiger partial charge in [-0.25, -0.2) is 4.98 Å². The second-order valence-corrected chi connectivity index (χ2v) is 5.39. The molecule has 0 aliphatic heterocycles. The van der Waals surface area contributed by atoms with Crippen molar-refractivity contribution in [3.63, 3.8) is 0 Å². The maximum atomic E-state index is 13.5. The number of pyridine rings is 1. The SMILES string of the molecule is Cc1cccnc1NC(=O)C(F)(F)C(F)(F)C(F)(F)C(F)(F)C(F)(F)Cl. The Balaban J connectivity index is 3.31. The zero-order chi connectivity index (χ0) is 20.8. The summed E-state index contributed by atoms with van der Waals surface area (Å²) >= 11 is 3.64. The Morgan fingerprint density at radius 3 is 1.88 bits per heavy atom. The predicted octanol–water partition coefficient (Wildman–Crippen LogP) is 4.70. The van der Waals surface area contributed by atoms with Gasteiger partial charge in [-0.1, -0.05) is 6.07 Å². The van der Waals surface area contributed by atoms with Gasteiger partial charge in [-0.05, 0) is 30.2 Å². The van der Waals surface area contributed by atoms with E-state index in [1.807, 2.05) is 0 Å². The molecule has 0 saturated carbocycles. The smallest absolute Gasteiger partial charge is 0.305 e. The largest absolute Gasteiger partial charge is 0.393 e. The van der Waals surface area contributed by atoms with Gasteiger partial charge in [-0.15, -0.1) is 0 Å². The van der Waals surface area contributed by atoms with E-state index in [0.717, 1.165) is 24.5 Å². The van der Waals surface area contributed by atoms with Crippen molar-refractivity contribution in [1.82, 2.24) is 4.98 Å². The number of amides is 1. The molecule has 26 heavy (non-hydrogen) atoms. The van der Waals surface area contributed by atoms with Crippen LogP contribution in [0.25, 0.3) is 0 Å². The third-order valence-electron chi connectivity index (χ3n) is 3.07. The maximum absolute atomic E-state index is 13.5. The monoisotopic (exact) mass is 420 g/mol. The average molecular weight is 421 g/mol. The topological polar surface area (TPSA) is 42.0 Å². The summed E-state index contributed by atoms with van der Waals surface area (Å²) in [4.78, 5) is 14.6. The molecule has 1 N–H and O–H groups in total. The van der Waals surface area contributed by atoms with Crippen LogP contribution in [-0.2, 0) is 4.79 Å². The molecule has 0 spiro atoms. The quantitative estimate of drug-likeness (QED) is 0.535. The van der Waals surface area contributed by atoms with Crippen LogP contribution in [0.15, 0.2) is 18.3 Å². The normalized spacial score (nSPS) is 14.3. The third kappa shape index (κ3) is 3.28. The van der Waals surface area contributed by atoms with Crippen LogP contribution in [0, 0.1) is 6.92 Å². The molecule has 148 valence electrons. The third-order valence-corrected chi connectivity index (χ3v) is 3.30. The fourth-order valence-corrected chi connectivity index (χ4v) is 1.64. The standard InChI is InChI=1S/C12H7ClF10N2O/c1-5-3-2-4-24-6(5)25-7(26)8(14,15)9(16,17)10(18,19)11(20,21)12(13,22)23/h2-4H,1H3,(H,24,25,26). The molecule has 0 radical (unpaired) electrons. The van der Waals surface area contributed by atoms with Crippen molar-refractivity contribution in [3.05, 3.63) is 23.9 Å². The van der Waals surface area contributed by atoms with E-state index in [2.05, 4.69) is 16.6 Å². The number of aryl methyl sites for hydroxylation is 1. The summed E-state index contributed by atoms with van der Waals surface area (Å²) in [5, 5.41) is -5.28. The fourth-order valence-electron chi connectivity index (χ4n) is 1.52. The van der Waals surface area contributed by atoms with Gasteiger partial charge in [0.05, 0.1) is 0 Å². The van der Waals surface area contributed by atoms with Crippen LogP contribution in [0.4, 0.5) is 49.7 Å². The molecular weight excluding hydrogens is 414 g/mol. The zero-order valence-electron chi connectivity index (χ0n) is 12.2. The van der Waals surface area contributed by atoms with E-state index in [9.17, 15) is 48.7 Å². The van der Waals surface area contributed by atoms with Crippen LogP contribution in [0.2, 0.25) is 0 Å². The van der Waals surface area contributed by atoms with Gasteiger partial charge in [-0.3, -0.25) is 4.79 Å². The fraction of sp³-hybridized carbons (Fsp3) is 0.500. The number of anilines is 1. The lowest BCUT2D eigenvalue weighted by atomic mass is 9.98. The van der Waals surface area contributed by atoms with Crippen LogP contribution >= 0.6 is 11.6 Å². The Bertz CT molecular complexity index is 689. The molecule has 3 nitrogen and oxygen atoms in total. The van der Waals surface area contributed by atoms with Crippen LogP contribution in [0.5, 0.6) is 0 Å². The summed E-state index contributed by atoms with van der Waals surface area (Å²) in [6.07, 6.45) is 0.899. The van der Waals surface area contributed by atoms with E-state index in [1.54, 1.807) is 0 Å². The van der Waals surface area contributed by atoms with Gasteiger partial charge in [0.2, 0.25) is 0 Å². The van der Waals surface area contributed by atoms with Crippen LogP contribution in [0.1, 0.15) is 5.56 Å². The minimum Gasteiger partial charge on any atom is -0.305 e. The van der Waals surface area contributed by atoms with Crippen LogP contribution in [-0.4, -0.2) is 40.0 Å². The Labute approximate surface area is 143 Å². The van der Waals surface area contributed by atoms with E-state index in [4.69, 9.17) is 0 Å². The first-order valence-electron chi connectivity index (χ1n) is 6.22. The molecule has 1 aromatic rings. The molecule has 1 rings (SSSR count). The number of aromatic nitrogens is 1. The van der Waals surface area contributed by atoms with E-state index in [0.29, 0.717) is 0 Å². The first-order chi connectivity index (χ1) is 11.4. The van der Waals surface area contributed by atoms with Crippen molar-refractivity contribution in [2.45, 2.75) is 36.0 Å². The summed E-state index contributed by atoms with van der Waals surface area (Å²) in [6, 6.07) is 2.38. The number of carbonyl (C=O) groups excluding carboxylic acids is 1. The van der Waals surface area contributed by atoms with Gasteiger partial charge in [0.15, 0.2) is 0 Å². The van der Waals surface area contributed by atoms with Crippen molar-refractivity contribution in [2.75, 3.05) is 5.32 Å². The second kappa shape index (κ2) is 6.43. The number of carbonyl (C=O) groups is 1. The number of nitrogens with zero attached hydrogens (tertiary/aromatic N) is 1.